The zero-order chi connectivity index (χ0) is 25.0. The lowest BCUT2D eigenvalue weighted by Crippen LogP contribution is -2.58. The van der Waals surface area contributed by atoms with Crippen molar-refractivity contribution >= 4 is 5.78 Å². The van der Waals surface area contributed by atoms with Crippen LogP contribution in [0.25, 0.3) is 0 Å². The van der Waals surface area contributed by atoms with Crippen LogP contribution in [0.2, 0.25) is 0 Å². The fourth-order valence-corrected chi connectivity index (χ4v) is 9.35. The van der Waals surface area contributed by atoms with E-state index in [9.17, 15) is 9.90 Å². The number of methoxy groups -OCH3 is 1. The molecule has 0 bridgehead atoms. The molecule has 1 aromatic rings. The molecule has 196 valence electrons. The maximum absolute atomic E-state index is 13.6. The standard InChI is InChI=1S/C29H46N2O4/c1-19(2)35-21-15-30-31(16-21)17-26(32)25-9-8-23-22-7-6-20-14-27(3,33)12-13-29(20,18-34-5)24(22)10-11-28(23,25)4/h15-16,19-20,22-25,33H,6-14,17-18H2,1-5H3/t20-,22-,23-,24-,25+,27+,28-,29+/m0/s1. The number of Topliss-reactive ketones (excluding diaryl/α,β-unsaturated/α-hetero) is 1. The van der Waals surface area contributed by atoms with Crippen LogP contribution in [0, 0.1) is 40.4 Å². The molecule has 4 saturated carbocycles. The predicted octanol–water partition coefficient (Wildman–Crippen LogP) is 5.28. The highest BCUT2D eigenvalue weighted by atomic mass is 16.5. The third-order valence-electron chi connectivity index (χ3n) is 10.8. The van der Waals surface area contributed by atoms with Crippen LogP contribution in [0.15, 0.2) is 12.4 Å². The summed E-state index contributed by atoms with van der Waals surface area (Å²) in [4.78, 5) is 13.6. The van der Waals surface area contributed by atoms with E-state index in [4.69, 9.17) is 9.47 Å². The summed E-state index contributed by atoms with van der Waals surface area (Å²) < 4.78 is 13.4. The van der Waals surface area contributed by atoms with Gasteiger partial charge in [-0.05, 0) is 113 Å². The van der Waals surface area contributed by atoms with Gasteiger partial charge in [0, 0.05) is 13.0 Å². The molecule has 0 aromatic carbocycles. The SMILES string of the molecule is COC[C@]12CC[C@@](C)(O)C[C@@H]1CC[C@H]1[C@@H]3CC[C@H](C(=O)Cn4cc(OC(C)C)cn4)[C@@]3(C)CC[C@@H]12. The van der Waals surface area contributed by atoms with Crippen LogP contribution < -0.4 is 4.74 Å². The first kappa shape index (κ1) is 25.3. The van der Waals surface area contributed by atoms with E-state index >= 15 is 0 Å². The van der Waals surface area contributed by atoms with Gasteiger partial charge in [-0.1, -0.05) is 6.92 Å². The van der Waals surface area contributed by atoms with Gasteiger partial charge in [0.15, 0.2) is 11.5 Å². The van der Waals surface area contributed by atoms with Crippen molar-refractivity contribution in [2.45, 2.75) is 104 Å². The smallest absolute Gasteiger partial charge is 0.157 e. The van der Waals surface area contributed by atoms with E-state index in [0.29, 0.717) is 36.0 Å². The van der Waals surface area contributed by atoms with E-state index in [1.807, 2.05) is 34.1 Å². The van der Waals surface area contributed by atoms with Crippen LogP contribution in [0.4, 0.5) is 0 Å². The van der Waals surface area contributed by atoms with Crippen LogP contribution in [-0.2, 0) is 16.1 Å². The summed E-state index contributed by atoms with van der Waals surface area (Å²) in [6.45, 7) is 9.60. The van der Waals surface area contributed by atoms with Crippen molar-refractivity contribution in [2.75, 3.05) is 13.7 Å². The Morgan fingerprint density at radius 3 is 2.69 bits per heavy atom. The van der Waals surface area contributed by atoms with Crippen molar-refractivity contribution in [3.63, 3.8) is 0 Å². The van der Waals surface area contributed by atoms with Crippen LogP contribution in [0.1, 0.15) is 85.5 Å². The van der Waals surface area contributed by atoms with E-state index in [-0.39, 0.29) is 22.9 Å². The minimum Gasteiger partial charge on any atom is -0.488 e. The summed E-state index contributed by atoms with van der Waals surface area (Å²) in [5.74, 6) is 3.69. The average molecular weight is 487 g/mol. The number of hydrogen-bond donors (Lipinski definition) is 1. The van der Waals surface area contributed by atoms with Crippen molar-refractivity contribution in [1.82, 2.24) is 9.78 Å². The number of ketones is 1. The largest absolute Gasteiger partial charge is 0.488 e. The zero-order valence-corrected chi connectivity index (χ0v) is 22.5. The van der Waals surface area contributed by atoms with E-state index in [1.54, 1.807) is 10.9 Å². The van der Waals surface area contributed by atoms with Crippen molar-refractivity contribution in [3.8, 4) is 5.75 Å². The molecular formula is C29H46N2O4. The Morgan fingerprint density at radius 1 is 1.14 bits per heavy atom. The first-order chi connectivity index (χ1) is 16.6. The number of aromatic nitrogens is 2. The molecule has 6 heteroatoms. The first-order valence-corrected chi connectivity index (χ1v) is 14.0. The lowest BCUT2D eigenvalue weighted by Gasteiger charge is -2.62. The van der Waals surface area contributed by atoms with Gasteiger partial charge in [-0.25, -0.2) is 0 Å². The van der Waals surface area contributed by atoms with E-state index in [0.717, 1.165) is 44.5 Å². The van der Waals surface area contributed by atoms with Gasteiger partial charge in [0.2, 0.25) is 0 Å². The molecule has 1 N–H and O–H groups in total. The highest BCUT2D eigenvalue weighted by molar-refractivity contribution is 5.82. The maximum atomic E-state index is 13.6. The molecule has 1 aromatic heterocycles. The molecule has 1 heterocycles. The van der Waals surface area contributed by atoms with Gasteiger partial charge in [0.1, 0.15) is 0 Å². The summed E-state index contributed by atoms with van der Waals surface area (Å²) in [6, 6.07) is 0. The third kappa shape index (κ3) is 4.37. The molecule has 4 aliphatic rings. The predicted molar refractivity (Wildman–Crippen MR) is 135 cm³/mol. The van der Waals surface area contributed by atoms with Crippen molar-refractivity contribution in [3.05, 3.63) is 12.4 Å². The Labute approximate surface area is 211 Å². The number of ether oxygens (including phenoxy) is 2. The number of rotatable bonds is 7. The summed E-state index contributed by atoms with van der Waals surface area (Å²) in [6.07, 6.45) is 13.5. The zero-order valence-electron chi connectivity index (χ0n) is 22.5. The van der Waals surface area contributed by atoms with Gasteiger partial charge in [-0.15, -0.1) is 0 Å². The molecule has 4 fully saturated rings. The molecule has 5 rings (SSSR count). The van der Waals surface area contributed by atoms with E-state index in [2.05, 4.69) is 12.0 Å². The molecule has 4 aliphatic carbocycles. The van der Waals surface area contributed by atoms with E-state index in [1.165, 1.54) is 25.7 Å². The fourth-order valence-electron chi connectivity index (χ4n) is 9.35. The topological polar surface area (TPSA) is 73.6 Å². The Morgan fingerprint density at radius 2 is 1.94 bits per heavy atom. The van der Waals surface area contributed by atoms with E-state index < -0.39 is 5.60 Å². The Bertz CT molecular complexity index is 926. The quantitative estimate of drug-likeness (QED) is 0.568. The number of nitrogens with zero attached hydrogens (tertiary/aromatic N) is 2. The lowest BCUT2D eigenvalue weighted by atomic mass is 9.43. The third-order valence-corrected chi connectivity index (χ3v) is 10.8. The molecule has 0 unspecified atom stereocenters. The van der Waals surface area contributed by atoms with Crippen molar-refractivity contribution in [2.24, 2.45) is 40.4 Å². The van der Waals surface area contributed by atoms with Crippen molar-refractivity contribution < 1.29 is 19.4 Å². The van der Waals surface area contributed by atoms with Gasteiger partial charge in [0.05, 0.1) is 37.3 Å². The van der Waals surface area contributed by atoms with Gasteiger partial charge >= 0.3 is 0 Å². The molecule has 0 aliphatic heterocycles. The first-order valence-electron chi connectivity index (χ1n) is 14.0. The summed E-state index contributed by atoms with van der Waals surface area (Å²) in [5, 5.41) is 15.2. The average Bonchev–Trinajstić information content (AvgIpc) is 3.36. The molecule has 0 amide bonds. The second-order valence-electron chi connectivity index (χ2n) is 13.2. The second kappa shape index (κ2) is 9.16. The molecular weight excluding hydrogens is 440 g/mol. The highest BCUT2D eigenvalue weighted by Crippen LogP contribution is 2.68. The Kier molecular flexibility index (Phi) is 6.61. The highest BCUT2D eigenvalue weighted by Gasteiger charge is 2.63. The minimum atomic E-state index is -0.532. The van der Waals surface area contributed by atoms with Crippen LogP contribution in [-0.4, -0.2) is 46.1 Å². The number of aliphatic hydroxyl groups is 1. The molecule has 0 radical (unpaired) electrons. The van der Waals surface area contributed by atoms with Crippen LogP contribution >= 0.6 is 0 Å². The minimum absolute atomic E-state index is 0.0872. The molecule has 0 spiro atoms. The molecule has 6 nitrogen and oxygen atoms in total. The van der Waals surface area contributed by atoms with Gasteiger partial charge in [-0.2, -0.15) is 5.10 Å². The molecule has 8 atom stereocenters. The number of fused-ring (bicyclic) bond motifs is 5. The second-order valence-corrected chi connectivity index (χ2v) is 13.2. The van der Waals surface area contributed by atoms with Crippen LogP contribution in [0.3, 0.4) is 0 Å². The fraction of sp³-hybridized carbons (Fsp3) is 0.862. The number of hydrogen-bond acceptors (Lipinski definition) is 5. The lowest BCUT2D eigenvalue weighted by molar-refractivity contribution is -0.175. The van der Waals surface area contributed by atoms with Crippen LogP contribution in [0.5, 0.6) is 5.75 Å². The Balaban J connectivity index is 1.32. The Hall–Kier alpha value is -1.40. The molecule has 0 saturated heterocycles. The molecule has 35 heavy (non-hydrogen) atoms. The maximum Gasteiger partial charge on any atom is 0.157 e. The van der Waals surface area contributed by atoms with Gasteiger partial charge in [0.25, 0.3) is 0 Å². The summed E-state index contributed by atoms with van der Waals surface area (Å²) in [7, 11) is 1.85. The summed E-state index contributed by atoms with van der Waals surface area (Å²) in [5.41, 5.74) is -0.246. The monoisotopic (exact) mass is 486 g/mol. The summed E-state index contributed by atoms with van der Waals surface area (Å²) >= 11 is 0. The van der Waals surface area contributed by atoms with Crippen molar-refractivity contribution in [1.29, 1.82) is 0 Å². The van der Waals surface area contributed by atoms with Gasteiger partial charge < -0.3 is 14.6 Å². The number of carbonyl (C=O) groups excluding carboxylic acids is 1. The van der Waals surface area contributed by atoms with Gasteiger partial charge in [-0.3, -0.25) is 9.48 Å². The number of carbonyl (C=O) groups is 1. The normalized spacial score (nSPS) is 42.9.